The van der Waals surface area contributed by atoms with Crippen LogP contribution in [-0.4, -0.2) is 0 Å². The topological polar surface area (TPSA) is 0 Å². The van der Waals surface area contributed by atoms with Crippen LogP contribution >= 0.6 is 11.3 Å². The zero-order valence-electron chi connectivity index (χ0n) is 7.94. The van der Waals surface area contributed by atoms with Gasteiger partial charge < -0.3 is 0 Å². The maximum Gasteiger partial charge on any atom is 0.00952 e. The van der Waals surface area contributed by atoms with Gasteiger partial charge in [-0.25, -0.2) is 0 Å². The lowest BCUT2D eigenvalue weighted by molar-refractivity contribution is 1.24. The van der Waals surface area contributed by atoms with Gasteiger partial charge in [0, 0.05) is 11.3 Å². The first-order valence-electron chi connectivity index (χ1n) is 4.62. The van der Waals surface area contributed by atoms with E-state index in [4.69, 9.17) is 0 Å². The van der Waals surface area contributed by atoms with E-state index >= 15 is 0 Å². The van der Waals surface area contributed by atoms with Crippen molar-refractivity contribution in [1.29, 1.82) is 0 Å². The molecule has 2 aromatic rings. The number of hydrogen-bond acceptors (Lipinski definition) is 1. The summed E-state index contributed by atoms with van der Waals surface area (Å²) in [6.07, 6.45) is 2.92. The smallest absolute Gasteiger partial charge is 0.00952 e. The lowest BCUT2D eigenvalue weighted by Crippen LogP contribution is -1.82. The third-order valence-corrected chi connectivity index (χ3v) is 3.09. The van der Waals surface area contributed by atoms with Gasteiger partial charge in [0.25, 0.3) is 0 Å². The SMILES string of the molecule is C=Cc1csc(Cc2ccccc2)c1. The van der Waals surface area contributed by atoms with E-state index in [1.54, 1.807) is 11.3 Å². The fourth-order valence-corrected chi connectivity index (χ4v) is 2.30. The standard InChI is InChI=1S/C13H12S/c1-2-11-8-13(14-10-11)9-12-6-4-3-5-7-12/h2-8,10H,1,9H2. The molecule has 1 heteroatoms. The minimum atomic E-state index is 1.03. The highest BCUT2D eigenvalue weighted by Gasteiger charge is 1.98. The molecule has 0 bridgehead atoms. The molecule has 0 saturated heterocycles. The summed E-state index contributed by atoms with van der Waals surface area (Å²) in [5, 5.41) is 2.14. The van der Waals surface area contributed by atoms with Crippen LogP contribution in [0.5, 0.6) is 0 Å². The van der Waals surface area contributed by atoms with Crippen molar-refractivity contribution in [3.8, 4) is 0 Å². The zero-order chi connectivity index (χ0) is 9.80. The molecule has 0 nitrogen and oxygen atoms in total. The lowest BCUT2D eigenvalue weighted by atomic mass is 10.1. The highest BCUT2D eigenvalue weighted by atomic mass is 32.1. The molecule has 0 aliphatic rings. The van der Waals surface area contributed by atoms with Crippen molar-refractivity contribution in [3.63, 3.8) is 0 Å². The molecular formula is C13H12S. The molecule has 0 aliphatic carbocycles. The van der Waals surface area contributed by atoms with Gasteiger partial charge in [0.2, 0.25) is 0 Å². The van der Waals surface area contributed by atoms with Gasteiger partial charge in [-0.2, -0.15) is 0 Å². The molecule has 1 heterocycles. The van der Waals surface area contributed by atoms with Crippen molar-refractivity contribution in [2.24, 2.45) is 0 Å². The fraction of sp³-hybridized carbons (Fsp3) is 0.0769. The van der Waals surface area contributed by atoms with Crippen molar-refractivity contribution in [2.45, 2.75) is 6.42 Å². The van der Waals surface area contributed by atoms with Gasteiger partial charge in [-0.05, 0) is 22.6 Å². The van der Waals surface area contributed by atoms with E-state index in [9.17, 15) is 0 Å². The van der Waals surface area contributed by atoms with E-state index in [0.29, 0.717) is 0 Å². The molecule has 0 aliphatic heterocycles. The largest absolute Gasteiger partial charge is 0.148 e. The second-order valence-corrected chi connectivity index (χ2v) is 4.21. The van der Waals surface area contributed by atoms with Gasteiger partial charge in [0.05, 0.1) is 0 Å². The van der Waals surface area contributed by atoms with Crippen molar-refractivity contribution in [3.05, 3.63) is 64.4 Å². The molecule has 1 aromatic carbocycles. The summed E-state index contributed by atoms with van der Waals surface area (Å²) in [4.78, 5) is 1.39. The quantitative estimate of drug-likeness (QED) is 0.703. The van der Waals surface area contributed by atoms with E-state index in [2.05, 4.69) is 42.3 Å². The molecule has 14 heavy (non-hydrogen) atoms. The number of rotatable bonds is 3. The molecule has 1 aromatic heterocycles. The molecule has 0 spiro atoms. The predicted molar refractivity (Wildman–Crippen MR) is 63.7 cm³/mol. The number of benzene rings is 1. The Balaban J connectivity index is 2.15. The van der Waals surface area contributed by atoms with Crippen LogP contribution in [0.25, 0.3) is 6.08 Å². The van der Waals surface area contributed by atoms with E-state index in [0.717, 1.165) is 6.42 Å². The van der Waals surface area contributed by atoms with Crippen LogP contribution in [-0.2, 0) is 6.42 Å². The number of thiophene rings is 1. The molecule has 0 N–H and O–H groups in total. The van der Waals surface area contributed by atoms with Crippen LogP contribution in [0.1, 0.15) is 16.0 Å². The Kier molecular flexibility index (Phi) is 2.80. The van der Waals surface area contributed by atoms with Crippen LogP contribution in [0.15, 0.2) is 48.4 Å². The van der Waals surface area contributed by atoms with Crippen molar-refractivity contribution in [1.82, 2.24) is 0 Å². The van der Waals surface area contributed by atoms with Crippen LogP contribution in [0.2, 0.25) is 0 Å². The summed E-state index contributed by atoms with van der Waals surface area (Å²) in [6.45, 7) is 3.76. The van der Waals surface area contributed by atoms with E-state index < -0.39 is 0 Å². The van der Waals surface area contributed by atoms with E-state index in [-0.39, 0.29) is 0 Å². The first kappa shape index (κ1) is 9.22. The average Bonchev–Trinajstić information content (AvgIpc) is 2.67. The normalized spacial score (nSPS) is 10.0. The first-order chi connectivity index (χ1) is 6.88. The van der Waals surface area contributed by atoms with Crippen LogP contribution in [0.3, 0.4) is 0 Å². The molecule has 0 radical (unpaired) electrons. The van der Waals surface area contributed by atoms with Gasteiger partial charge in [-0.1, -0.05) is 43.0 Å². The van der Waals surface area contributed by atoms with Crippen molar-refractivity contribution >= 4 is 17.4 Å². The van der Waals surface area contributed by atoms with Gasteiger partial charge >= 0.3 is 0 Å². The van der Waals surface area contributed by atoms with Crippen LogP contribution in [0.4, 0.5) is 0 Å². The maximum absolute atomic E-state index is 3.76. The number of hydrogen-bond donors (Lipinski definition) is 0. The summed E-state index contributed by atoms with van der Waals surface area (Å²) in [7, 11) is 0. The lowest BCUT2D eigenvalue weighted by Gasteiger charge is -1.96. The Morgan fingerprint density at radius 2 is 2.00 bits per heavy atom. The van der Waals surface area contributed by atoms with Crippen LogP contribution < -0.4 is 0 Å². The monoisotopic (exact) mass is 200 g/mol. The summed E-state index contributed by atoms with van der Waals surface area (Å²) in [5.41, 5.74) is 2.59. The Morgan fingerprint density at radius 3 is 2.64 bits per heavy atom. The summed E-state index contributed by atoms with van der Waals surface area (Å²) in [6, 6.07) is 12.7. The third-order valence-electron chi connectivity index (χ3n) is 2.13. The van der Waals surface area contributed by atoms with E-state index in [1.165, 1.54) is 16.0 Å². The Bertz CT molecular complexity index is 412. The molecule has 0 amide bonds. The van der Waals surface area contributed by atoms with Crippen LogP contribution in [0, 0.1) is 0 Å². The van der Waals surface area contributed by atoms with Crippen molar-refractivity contribution in [2.75, 3.05) is 0 Å². The summed E-state index contributed by atoms with van der Waals surface area (Å²) >= 11 is 1.80. The summed E-state index contributed by atoms with van der Waals surface area (Å²) in [5.74, 6) is 0. The summed E-state index contributed by atoms with van der Waals surface area (Å²) < 4.78 is 0. The van der Waals surface area contributed by atoms with Gasteiger partial charge in [0.1, 0.15) is 0 Å². The van der Waals surface area contributed by atoms with Gasteiger partial charge in [-0.3, -0.25) is 0 Å². The molecule has 0 fully saturated rings. The second-order valence-electron chi connectivity index (χ2n) is 3.21. The fourth-order valence-electron chi connectivity index (χ4n) is 1.39. The molecule has 2 rings (SSSR count). The third kappa shape index (κ3) is 2.12. The van der Waals surface area contributed by atoms with Crippen molar-refractivity contribution < 1.29 is 0 Å². The molecule has 70 valence electrons. The molecule has 0 atom stereocenters. The molecule has 0 unspecified atom stereocenters. The van der Waals surface area contributed by atoms with E-state index in [1.807, 2.05) is 12.1 Å². The highest BCUT2D eigenvalue weighted by molar-refractivity contribution is 7.10. The second kappa shape index (κ2) is 4.25. The molecule has 0 saturated carbocycles. The average molecular weight is 200 g/mol. The first-order valence-corrected chi connectivity index (χ1v) is 5.50. The maximum atomic E-state index is 3.76. The highest BCUT2D eigenvalue weighted by Crippen LogP contribution is 2.18. The molecular weight excluding hydrogens is 188 g/mol. The predicted octanol–water partition coefficient (Wildman–Crippen LogP) is 3.98. The minimum Gasteiger partial charge on any atom is -0.148 e. The Hall–Kier alpha value is -1.34. The Labute approximate surface area is 88.5 Å². The Morgan fingerprint density at radius 1 is 1.21 bits per heavy atom. The minimum absolute atomic E-state index is 1.03. The zero-order valence-corrected chi connectivity index (χ0v) is 8.76. The van der Waals surface area contributed by atoms with Gasteiger partial charge in [0.15, 0.2) is 0 Å². The van der Waals surface area contributed by atoms with Gasteiger partial charge in [-0.15, -0.1) is 11.3 Å².